The zero-order chi connectivity index (χ0) is 21.3. The minimum Gasteiger partial charge on any atom is -0.335 e. The van der Waals surface area contributed by atoms with Gasteiger partial charge in [-0.3, -0.25) is 4.79 Å². The van der Waals surface area contributed by atoms with Gasteiger partial charge < -0.3 is 4.90 Å². The van der Waals surface area contributed by atoms with Crippen LogP contribution in [0.15, 0.2) is 41.3 Å². The van der Waals surface area contributed by atoms with Gasteiger partial charge in [0.1, 0.15) is 0 Å². The Labute approximate surface area is 182 Å². The summed E-state index contributed by atoms with van der Waals surface area (Å²) in [5, 5.41) is 0.924. The third-order valence-electron chi connectivity index (χ3n) is 5.08. The molecule has 0 bridgehead atoms. The first-order valence-corrected chi connectivity index (χ1v) is 11.7. The maximum Gasteiger partial charge on any atom is 0.241 e. The van der Waals surface area contributed by atoms with Crippen LogP contribution in [0.5, 0.6) is 0 Å². The standard InChI is InChI=1S/C21H24Cl2N2O3S/c1-13(2)24-29(27,28)20-9-4-6-15-14(3)25(11-10-16(15)20)21(26)12-17-18(22)7-5-8-19(17)23/h4-9,13-14,24H,10-12H2,1-3H3/t14-/m0/s1. The lowest BCUT2D eigenvalue weighted by atomic mass is 9.93. The normalized spacial score (nSPS) is 16.8. The van der Waals surface area contributed by atoms with Crippen molar-refractivity contribution in [1.82, 2.24) is 9.62 Å². The van der Waals surface area contributed by atoms with Crippen LogP contribution in [0.1, 0.15) is 43.5 Å². The summed E-state index contributed by atoms with van der Waals surface area (Å²) in [4.78, 5) is 15.0. The molecule has 1 heterocycles. The first-order valence-electron chi connectivity index (χ1n) is 9.48. The molecule has 2 aromatic carbocycles. The Morgan fingerprint density at radius 3 is 2.41 bits per heavy atom. The largest absolute Gasteiger partial charge is 0.335 e. The summed E-state index contributed by atoms with van der Waals surface area (Å²) in [6, 6.07) is 9.95. The van der Waals surface area contributed by atoms with Crippen LogP contribution >= 0.6 is 23.2 Å². The number of carbonyl (C=O) groups is 1. The van der Waals surface area contributed by atoms with Gasteiger partial charge >= 0.3 is 0 Å². The van der Waals surface area contributed by atoms with E-state index in [4.69, 9.17) is 23.2 Å². The van der Waals surface area contributed by atoms with Gasteiger partial charge in [0, 0.05) is 22.6 Å². The monoisotopic (exact) mass is 454 g/mol. The Hall–Kier alpha value is -1.60. The summed E-state index contributed by atoms with van der Waals surface area (Å²) in [7, 11) is -3.61. The SMILES string of the molecule is CC(C)NS(=O)(=O)c1cccc2c1CCN(C(=O)Cc1c(Cl)cccc1Cl)[C@H]2C. The fourth-order valence-corrected chi connectivity index (χ4v) is 5.84. The van der Waals surface area contributed by atoms with E-state index in [9.17, 15) is 13.2 Å². The van der Waals surface area contributed by atoms with Crippen LogP contribution in [-0.4, -0.2) is 31.8 Å². The highest BCUT2D eigenvalue weighted by Gasteiger charge is 2.32. The number of carbonyl (C=O) groups excluding carboxylic acids is 1. The third-order valence-corrected chi connectivity index (χ3v) is 7.53. The molecule has 156 valence electrons. The molecule has 0 saturated carbocycles. The quantitative estimate of drug-likeness (QED) is 0.728. The minimum atomic E-state index is -3.61. The molecule has 8 heteroatoms. The first-order chi connectivity index (χ1) is 13.6. The van der Waals surface area contributed by atoms with E-state index in [1.165, 1.54) is 0 Å². The molecular weight excluding hydrogens is 431 g/mol. The summed E-state index contributed by atoms with van der Waals surface area (Å²) in [6.07, 6.45) is 0.571. The lowest BCUT2D eigenvalue weighted by Gasteiger charge is -2.36. The van der Waals surface area contributed by atoms with Crippen molar-refractivity contribution in [3.8, 4) is 0 Å². The Kier molecular flexibility index (Phi) is 6.58. The number of sulfonamides is 1. The van der Waals surface area contributed by atoms with E-state index in [0.717, 1.165) is 11.1 Å². The lowest BCUT2D eigenvalue weighted by molar-refractivity contribution is -0.133. The predicted molar refractivity (Wildman–Crippen MR) is 116 cm³/mol. The molecule has 0 spiro atoms. The van der Waals surface area contributed by atoms with Crippen LogP contribution in [0.4, 0.5) is 0 Å². The first kappa shape index (κ1) is 22.1. The number of hydrogen-bond donors (Lipinski definition) is 1. The van der Waals surface area contributed by atoms with Gasteiger partial charge in [0.15, 0.2) is 0 Å². The van der Waals surface area contributed by atoms with E-state index in [1.807, 2.05) is 13.0 Å². The zero-order valence-electron chi connectivity index (χ0n) is 16.6. The van der Waals surface area contributed by atoms with Gasteiger partial charge in [-0.05, 0) is 62.1 Å². The maximum absolute atomic E-state index is 13.0. The van der Waals surface area contributed by atoms with Crippen LogP contribution in [0, 0.1) is 0 Å². The van der Waals surface area contributed by atoms with Crippen molar-refractivity contribution in [3.63, 3.8) is 0 Å². The Bertz CT molecular complexity index is 1020. The molecule has 1 N–H and O–H groups in total. The summed E-state index contributed by atoms with van der Waals surface area (Å²) < 4.78 is 28.1. The van der Waals surface area contributed by atoms with E-state index in [1.54, 1.807) is 49.1 Å². The van der Waals surface area contributed by atoms with Crippen molar-refractivity contribution in [1.29, 1.82) is 0 Å². The fraction of sp³-hybridized carbons (Fsp3) is 0.381. The molecule has 0 fully saturated rings. The zero-order valence-corrected chi connectivity index (χ0v) is 18.9. The fourth-order valence-electron chi connectivity index (χ4n) is 3.76. The maximum atomic E-state index is 13.0. The van der Waals surface area contributed by atoms with Gasteiger partial charge in [-0.2, -0.15) is 0 Å². The molecule has 0 radical (unpaired) electrons. The van der Waals surface area contributed by atoms with Crippen molar-refractivity contribution in [2.45, 2.75) is 50.6 Å². The van der Waals surface area contributed by atoms with E-state index in [0.29, 0.717) is 28.6 Å². The highest BCUT2D eigenvalue weighted by molar-refractivity contribution is 7.89. The van der Waals surface area contributed by atoms with E-state index < -0.39 is 10.0 Å². The molecule has 0 aromatic heterocycles. The van der Waals surface area contributed by atoms with Crippen molar-refractivity contribution < 1.29 is 13.2 Å². The summed E-state index contributed by atoms with van der Waals surface area (Å²) in [5.74, 6) is -0.0910. The molecule has 5 nitrogen and oxygen atoms in total. The summed E-state index contributed by atoms with van der Waals surface area (Å²) in [6.45, 7) is 5.92. The van der Waals surface area contributed by atoms with Crippen LogP contribution in [0.25, 0.3) is 0 Å². The number of nitrogens with zero attached hydrogens (tertiary/aromatic N) is 1. The topological polar surface area (TPSA) is 66.5 Å². The second-order valence-electron chi connectivity index (χ2n) is 7.49. The van der Waals surface area contributed by atoms with Crippen molar-refractivity contribution in [2.24, 2.45) is 0 Å². The van der Waals surface area contributed by atoms with Crippen LogP contribution in [0.3, 0.4) is 0 Å². The highest BCUT2D eigenvalue weighted by atomic mass is 35.5. The van der Waals surface area contributed by atoms with Gasteiger partial charge in [-0.1, -0.05) is 41.4 Å². The van der Waals surface area contributed by atoms with Crippen molar-refractivity contribution in [2.75, 3.05) is 6.54 Å². The number of rotatable bonds is 5. The molecule has 0 unspecified atom stereocenters. The van der Waals surface area contributed by atoms with Crippen molar-refractivity contribution in [3.05, 3.63) is 63.1 Å². The van der Waals surface area contributed by atoms with Crippen LogP contribution in [-0.2, 0) is 27.7 Å². The van der Waals surface area contributed by atoms with Gasteiger partial charge in [0.05, 0.1) is 17.4 Å². The lowest BCUT2D eigenvalue weighted by Crippen LogP contribution is -2.41. The molecule has 1 atom stereocenters. The number of amides is 1. The molecule has 2 aromatic rings. The number of fused-ring (bicyclic) bond motifs is 1. The molecule has 1 aliphatic heterocycles. The predicted octanol–water partition coefficient (Wildman–Crippen LogP) is 4.37. The third kappa shape index (κ3) is 4.61. The molecule has 0 saturated heterocycles. The Morgan fingerprint density at radius 1 is 1.17 bits per heavy atom. The van der Waals surface area contributed by atoms with Gasteiger partial charge in [0.2, 0.25) is 15.9 Å². The Balaban J connectivity index is 1.89. The highest BCUT2D eigenvalue weighted by Crippen LogP contribution is 2.34. The van der Waals surface area contributed by atoms with Crippen LogP contribution < -0.4 is 4.72 Å². The van der Waals surface area contributed by atoms with Gasteiger partial charge in [-0.15, -0.1) is 0 Å². The molecule has 1 amide bonds. The van der Waals surface area contributed by atoms with Gasteiger partial charge in [0.25, 0.3) is 0 Å². The summed E-state index contributed by atoms with van der Waals surface area (Å²) >= 11 is 12.4. The number of nitrogens with one attached hydrogen (secondary N) is 1. The minimum absolute atomic E-state index is 0.0910. The molecule has 3 rings (SSSR count). The second-order valence-corrected chi connectivity index (χ2v) is 9.99. The molecule has 0 aliphatic carbocycles. The second kappa shape index (κ2) is 8.64. The van der Waals surface area contributed by atoms with E-state index >= 15 is 0 Å². The van der Waals surface area contributed by atoms with Gasteiger partial charge in [-0.25, -0.2) is 13.1 Å². The average molecular weight is 455 g/mol. The number of hydrogen-bond acceptors (Lipinski definition) is 3. The molecular formula is C21H24Cl2N2O3S. The van der Waals surface area contributed by atoms with Crippen LogP contribution in [0.2, 0.25) is 10.0 Å². The molecule has 29 heavy (non-hydrogen) atoms. The molecule has 1 aliphatic rings. The smallest absolute Gasteiger partial charge is 0.241 e. The average Bonchev–Trinajstić information content (AvgIpc) is 2.63. The van der Waals surface area contributed by atoms with Crippen molar-refractivity contribution >= 4 is 39.1 Å². The van der Waals surface area contributed by atoms with E-state index in [2.05, 4.69) is 4.72 Å². The number of benzene rings is 2. The summed E-state index contributed by atoms with van der Waals surface area (Å²) in [5.41, 5.74) is 2.23. The van der Waals surface area contributed by atoms with E-state index in [-0.39, 0.29) is 29.3 Å². The Morgan fingerprint density at radius 2 is 1.79 bits per heavy atom. The number of halogens is 2.